The van der Waals surface area contributed by atoms with Crippen molar-refractivity contribution < 1.29 is 23.8 Å². The molecule has 3 atom stereocenters. The van der Waals surface area contributed by atoms with Gasteiger partial charge in [0.15, 0.2) is 5.69 Å². The van der Waals surface area contributed by atoms with Crippen molar-refractivity contribution in [2.75, 3.05) is 45.0 Å². The van der Waals surface area contributed by atoms with E-state index in [0.717, 1.165) is 31.5 Å². The minimum Gasteiger partial charge on any atom is -0.437 e. The molecule has 3 aliphatic rings. The van der Waals surface area contributed by atoms with E-state index in [1.54, 1.807) is 0 Å². The summed E-state index contributed by atoms with van der Waals surface area (Å²) in [5.41, 5.74) is 6.89. The summed E-state index contributed by atoms with van der Waals surface area (Å²) in [6.45, 7) is 3.46. The summed E-state index contributed by atoms with van der Waals surface area (Å²) in [5, 5.41) is 15.0. The van der Waals surface area contributed by atoms with Crippen molar-refractivity contribution in [1.29, 1.82) is 0 Å². The number of amides is 2. The van der Waals surface area contributed by atoms with Crippen molar-refractivity contribution in [3.8, 4) is 11.6 Å². The number of aromatic nitrogens is 2. The SMILES string of the molecule is Nc1c(Oc2ccc(F)cc2)ncn(CC2(O)CCN(C(=O)[C@@H]3CCN(C(=O)c4cccc(C5CCCNC5)c4)C[C@H]3c3ccccc3)CC2)c1=O. The molecule has 3 saturated heterocycles. The van der Waals surface area contributed by atoms with Gasteiger partial charge in [0.1, 0.15) is 17.9 Å². The molecule has 0 saturated carbocycles. The van der Waals surface area contributed by atoms with Gasteiger partial charge in [-0.15, -0.1) is 0 Å². The van der Waals surface area contributed by atoms with Gasteiger partial charge in [0.25, 0.3) is 11.5 Å². The number of likely N-dealkylation sites (tertiary alicyclic amines) is 2. The predicted molar refractivity (Wildman–Crippen MR) is 195 cm³/mol. The number of nitrogen functional groups attached to an aromatic ring is 1. The number of aliphatic hydroxyl groups is 1. The maximum Gasteiger partial charge on any atom is 0.280 e. The van der Waals surface area contributed by atoms with Gasteiger partial charge in [-0.25, -0.2) is 9.37 Å². The third-order valence-corrected chi connectivity index (χ3v) is 10.9. The van der Waals surface area contributed by atoms with Crippen molar-refractivity contribution >= 4 is 17.5 Å². The molecule has 4 heterocycles. The first-order valence-corrected chi connectivity index (χ1v) is 18.1. The van der Waals surface area contributed by atoms with Gasteiger partial charge in [-0.1, -0.05) is 42.5 Å². The average Bonchev–Trinajstić information content (AvgIpc) is 3.19. The Morgan fingerprint density at radius 2 is 1.71 bits per heavy atom. The van der Waals surface area contributed by atoms with Gasteiger partial charge in [0, 0.05) is 50.1 Å². The summed E-state index contributed by atoms with van der Waals surface area (Å²) in [6.07, 6.45) is 4.56. The van der Waals surface area contributed by atoms with Crippen LogP contribution in [0.1, 0.15) is 65.4 Å². The molecule has 1 unspecified atom stereocenters. The summed E-state index contributed by atoms with van der Waals surface area (Å²) < 4.78 is 20.1. The van der Waals surface area contributed by atoms with E-state index in [4.69, 9.17) is 10.5 Å². The van der Waals surface area contributed by atoms with E-state index in [-0.39, 0.29) is 60.4 Å². The molecule has 3 fully saturated rings. The van der Waals surface area contributed by atoms with Crippen LogP contribution in [0.25, 0.3) is 0 Å². The van der Waals surface area contributed by atoms with Crippen molar-refractivity contribution in [3.05, 3.63) is 118 Å². The smallest absolute Gasteiger partial charge is 0.280 e. The lowest BCUT2D eigenvalue weighted by molar-refractivity contribution is -0.142. The van der Waals surface area contributed by atoms with Gasteiger partial charge >= 0.3 is 0 Å². The summed E-state index contributed by atoms with van der Waals surface area (Å²) in [7, 11) is 0. The maximum absolute atomic E-state index is 14.2. The van der Waals surface area contributed by atoms with Crippen LogP contribution in [0.2, 0.25) is 0 Å². The summed E-state index contributed by atoms with van der Waals surface area (Å²) in [4.78, 5) is 49.1. The van der Waals surface area contributed by atoms with Crippen LogP contribution in [0.5, 0.6) is 11.6 Å². The van der Waals surface area contributed by atoms with Crippen LogP contribution in [-0.2, 0) is 11.3 Å². The molecule has 3 aromatic carbocycles. The molecule has 11 nitrogen and oxygen atoms in total. The maximum atomic E-state index is 14.2. The number of piperidine rings is 3. The van der Waals surface area contributed by atoms with E-state index in [1.807, 2.05) is 58.3 Å². The van der Waals surface area contributed by atoms with Crippen LogP contribution in [0, 0.1) is 11.7 Å². The van der Waals surface area contributed by atoms with Crippen molar-refractivity contribution in [2.45, 2.75) is 56.1 Å². The minimum atomic E-state index is -1.26. The lowest BCUT2D eigenvalue weighted by Crippen LogP contribution is -2.53. The summed E-state index contributed by atoms with van der Waals surface area (Å²) in [6, 6.07) is 23.2. The second-order valence-corrected chi connectivity index (χ2v) is 14.3. The van der Waals surface area contributed by atoms with E-state index in [1.165, 1.54) is 40.7 Å². The zero-order valence-electron chi connectivity index (χ0n) is 29.1. The number of hydrogen-bond donors (Lipinski definition) is 3. The molecule has 1 aromatic heterocycles. The molecule has 12 heteroatoms. The third-order valence-electron chi connectivity index (χ3n) is 10.9. The van der Waals surface area contributed by atoms with Crippen LogP contribution < -0.4 is 21.3 Å². The minimum absolute atomic E-state index is 0.0131. The standard InChI is InChI=1S/C40H45FN6O5/c41-31-11-13-32(14-12-31)52-36-35(42)39(50)47(26-44-36)25-40(51)16-20-45(21-17-40)38(49)33-15-19-46(24-34(33)27-6-2-1-3-7-27)37(48)29-9-4-8-28(22-29)30-10-5-18-43-23-30/h1-4,6-9,11-14,22,26,30,33-34,43,51H,5,10,15-21,23-25,42H2/t30?,33-,34+/m1/s1. The lowest BCUT2D eigenvalue weighted by atomic mass is 9.79. The van der Waals surface area contributed by atoms with E-state index in [2.05, 4.69) is 16.4 Å². The molecule has 4 N–H and O–H groups in total. The van der Waals surface area contributed by atoms with Gasteiger partial charge in [0.2, 0.25) is 11.8 Å². The fourth-order valence-corrected chi connectivity index (χ4v) is 7.87. The molecule has 52 heavy (non-hydrogen) atoms. The number of carbonyl (C=O) groups is 2. The molecule has 7 rings (SSSR count). The highest BCUT2D eigenvalue weighted by molar-refractivity contribution is 5.95. The molecule has 0 bridgehead atoms. The monoisotopic (exact) mass is 708 g/mol. The zero-order chi connectivity index (χ0) is 36.2. The number of hydrogen-bond acceptors (Lipinski definition) is 8. The summed E-state index contributed by atoms with van der Waals surface area (Å²) in [5.74, 6) is -0.360. The average molecular weight is 709 g/mol. The second kappa shape index (κ2) is 15.3. The van der Waals surface area contributed by atoms with Gasteiger partial charge in [-0.05, 0) is 92.1 Å². The number of halogens is 1. The predicted octanol–water partition coefficient (Wildman–Crippen LogP) is 4.52. The Balaban J connectivity index is 1.00. The lowest BCUT2D eigenvalue weighted by Gasteiger charge is -2.43. The Hall–Kier alpha value is -5.07. The fraction of sp³-hybridized carbons (Fsp3) is 0.400. The molecule has 2 amide bonds. The van der Waals surface area contributed by atoms with E-state index in [9.17, 15) is 23.9 Å². The molecule has 272 valence electrons. The Morgan fingerprint density at radius 3 is 2.44 bits per heavy atom. The largest absolute Gasteiger partial charge is 0.437 e. The van der Waals surface area contributed by atoms with Crippen LogP contribution >= 0.6 is 0 Å². The number of carbonyl (C=O) groups excluding carboxylic acids is 2. The third kappa shape index (κ3) is 7.73. The summed E-state index contributed by atoms with van der Waals surface area (Å²) >= 11 is 0. The van der Waals surface area contributed by atoms with E-state index >= 15 is 0 Å². The first kappa shape index (κ1) is 35.3. The van der Waals surface area contributed by atoms with Gasteiger partial charge in [-0.3, -0.25) is 19.0 Å². The molecule has 3 aliphatic heterocycles. The van der Waals surface area contributed by atoms with Gasteiger partial charge < -0.3 is 30.7 Å². The molecule has 0 radical (unpaired) electrons. The van der Waals surface area contributed by atoms with Crippen LogP contribution in [0.3, 0.4) is 0 Å². The fourth-order valence-electron chi connectivity index (χ4n) is 7.87. The number of rotatable bonds is 8. The topological polar surface area (TPSA) is 143 Å². The molecule has 0 aliphatic carbocycles. The Labute approximate surface area is 302 Å². The van der Waals surface area contributed by atoms with Crippen molar-refractivity contribution in [3.63, 3.8) is 0 Å². The number of nitrogens with zero attached hydrogens (tertiary/aromatic N) is 4. The highest BCUT2D eigenvalue weighted by Crippen LogP contribution is 2.36. The van der Waals surface area contributed by atoms with Crippen LogP contribution in [-0.4, -0.2) is 81.1 Å². The first-order valence-electron chi connectivity index (χ1n) is 18.1. The quantitative estimate of drug-likeness (QED) is 0.243. The molecular formula is C40H45FN6O5. The molecular weight excluding hydrogens is 663 g/mol. The second-order valence-electron chi connectivity index (χ2n) is 14.3. The molecule has 4 aromatic rings. The number of ether oxygens (including phenoxy) is 1. The number of anilines is 1. The Morgan fingerprint density at radius 1 is 0.962 bits per heavy atom. The van der Waals surface area contributed by atoms with Crippen molar-refractivity contribution in [2.24, 2.45) is 5.92 Å². The Kier molecular flexibility index (Phi) is 10.4. The first-order chi connectivity index (χ1) is 25.2. The zero-order valence-corrected chi connectivity index (χ0v) is 29.1. The normalized spacial score (nSPS) is 21.8. The van der Waals surface area contributed by atoms with E-state index in [0.29, 0.717) is 44.1 Å². The Bertz CT molecular complexity index is 1940. The van der Waals surface area contributed by atoms with Crippen LogP contribution in [0.4, 0.5) is 10.1 Å². The number of benzene rings is 3. The van der Waals surface area contributed by atoms with Crippen LogP contribution in [0.15, 0.2) is 90.0 Å². The van der Waals surface area contributed by atoms with Crippen molar-refractivity contribution in [1.82, 2.24) is 24.7 Å². The van der Waals surface area contributed by atoms with E-state index < -0.39 is 17.0 Å². The number of nitrogens with one attached hydrogen (secondary N) is 1. The highest BCUT2D eigenvalue weighted by Gasteiger charge is 2.42. The molecule has 0 spiro atoms. The highest BCUT2D eigenvalue weighted by atomic mass is 19.1. The number of nitrogens with two attached hydrogens (primary N) is 1. The van der Waals surface area contributed by atoms with Gasteiger partial charge in [0.05, 0.1) is 12.1 Å². The van der Waals surface area contributed by atoms with Gasteiger partial charge in [-0.2, -0.15) is 0 Å².